The Morgan fingerprint density at radius 3 is 2.64 bits per heavy atom. The molecule has 0 bridgehead atoms. The summed E-state index contributed by atoms with van der Waals surface area (Å²) in [5.74, 6) is 0.595. The van der Waals surface area contributed by atoms with Gasteiger partial charge in [-0.05, 0) is 30.5 Å². The quantitative estimate of drug-likeness (QED) is 0.689. The SMILES string of the molecule is C=CC(c1cnn(-c2ncccn2)c1C)N1CCc2ccccc2C1. The van der Waals surface area contributed by atoms with E-state index in [-0.39, 0.29) is 6.04 Å². The van der Waals surface area contributed by atoms with E-state index in [9.17, 15) is 0 Å². The number of nitrogens with zero attached hydrogens (tertiary/aromatic N) is 5. The monoisotopic (exact) mass is 331 g/mol. The van der Waals surface area contributed by atoms with Crippen molar-refractivity contribution in [2.45, 2.75) is 25.9 Å². The predicted octanol–water partition coefficient (Wildman–Crippen LogP) is 3.26. The number of hydrogen-bond acceptors (Lipinski definition) is 4. The molecule has 0 saturated carbocycles. The molecule has 1 unspecified atom stereocenters. The van der Waals surface area contributed by atoms with Crippen LogP contribution in [0.2, 0.25) is 0 Å². The zero-order chi connectivity index (χ0) is 17.2. The molecule has 2 aromatic heterocycles. The highest BCUT2D eigenvalue weighted by atomic mass is 15.3. The number of benzene rings is 1. The summed E-state index contributed by atoms with van der Waals surface area (Å²) in [6.07, 6.45) is 8.45. The summed E-state index contributed by atoms with van der Waals surface area (Å²) in [5, 5.41) is 4.51. The molecule has 5 nitrogen and oxygen atoms in total. The first kappa shape index (κ1) is 15.7. The van der Waals surface area contributed by atoms with E-state index in [1.807, 2.05) is 12.3 Å². The highest BCUT2D eigenvalue weighted by Crippen LogP contribution is 2.30. The van der Waals surface area contributed by atoms with Crippen LogP contribution in [0.15, 0.2) is 61.6 Å². The molecule has 126 valence electrons. The fourth-order valence-electron chi connectivity index (χ4n) is 3.54. The Morgan fingerprint density at radius 1 is 1.12 bits per heavy atom. The molecule has 1 aliphatic rings. The summed E-state index contributed by atoms with van der Waals surface area (Å²) in [5.41, 5.74) is 5.06. The molecule has 3 aromatic rings. The molecule has 1 atom stereocenters. The summed E-state index contributed by atoms with van der Waals surface area (Å²) in [7, 11) is 0. The number of aromatic nitrogens is 4. The van der Waals surface area contributed by atoms with Crippen LogP contribution in [0.1, 0.15) is 28.4 Å². The van der Waals surface area contributed by atoms with Crippen molar-refractivity contribution < 1.29 is 0 Å². The van der Waals surface area contributed by atoms with Gasteiger partial charge in [0.1, 0.15) is 0 Å². The standard InChI is InChI=1S/C20H21N5/c1-3-19(24-12-9-16-7-4-5-8-17(16)14-24)18-13-23-25(15(18)2)20-21-10-6-11-22-20/h3-8,10-11,13,19H,1,9,12,14H2,2H3. The Kier molecular flexibility index (Phi) is 4.15. The molecule has 0 N–H and O–H groups in total. The van der Waals surface area contributed by atoms with Crippen molar-refractivity contribution in [3.63, 3.8) is 0 Å². The number of hydrogen-bond donors (Lipinski definition) is 0. The van der Waals surface area contributed by atoms with Gasteiger partial charge in [0.15, 0.2) is 0 Å². The van der Waals surface area contributed by atoms with Crippen molar-refractivity contribution in [2.75, 3.05) is 6.54 Å². The van der Waals surface area contributed by atoms with E-state index < -0.39 is 0 Å². The topological polar surface area (TPSA) is 46.8 Å². The lowest BCUT2D eigenvalue weighted by molar-refractivity contribution is 0.211. The molecule has 0 saturated heterocycles. The highest BCUT2D eigenvalue weighted by molar-refractivity contribution is 5.32. The third-order valence-electron chi connectivity index (χ3n) is 4.88. The average Bonchev–Trinajstić information content (AvgIpc) is 3.04. The van der Waals surface area contributed by atoms with Crippen molar-refractivity contribution in [3.8, 4) is 5.95 Å². The number of rotatable bonds is 4. The molecule has 0 aliphatic carbocycles. The van der Waals surface area contributed by atoms with Gasteiger partial charge in [-0.2, -0.15) is 5.10 Å². The van der Waals surface area contributed by atoms with Crippen LogP contribution < -0.4 is 0 Å². The molecule has 0 fully saturated rings. The van der Waals surface area contributed by atoms with Gasteiger partial charge in [0.25, 0.3) is 5.95 Å². The van der Waals surface area contributed by atoms with Crippen LogP contribution >= 0.6 is 0 Å². The minimum absolute atomic E-state index is 0.130. The molecule has 3 heterocycles. The fourth-order valence-corrected chi connectivity index (χ4v) is 3.54. The van der Waals surface area contributed by atoms with Crippen LogP contribution in [-0.2, 0) is 13.0 Å². The predicted molar refractivity (Wildman–Crippen MR) is 97.4 cm³/mol. The fraction of sp³-hybridized carbons (Fsp3) is 0.250. The normalized spacial score (nSPS) is 15.6. The van der Waals surface area contributed by atoms with Gasteiger partial charge in [0, 0.05) is 36.7 Å². The van der Waals surface area contributed by atoms with Crippen LogP contribution in [0.4, 0.5) is 0 Å². The maximum absolute atomic E-state index is 4.51. The van der Waals surface area contributed by atoms with Crippen LogP contribution in [-0.4, -0.2) is 31.2 Å². The summed E-state index contributed by atoms with van der Waals surface area (Å²) < 4.78 is 1.80. The second-order valence-corrected chi connectivity index (χ2v) is 6.32. The van der Waals surface area contributed by atoms with E-state index >= 15 is 0 Å². The molecule has 1 aromatic carbocycles. The lowest BCUT2D eigenvalue weighted by Crippen LogP contribution is -2.33. The van der Waals surface area contributed by atoms with Crippen molar-refractivity contribution in [3.05, 3.63) is 84.0 Å². The Morgan fingerprint density at radius 2 is 1.88 bits per heavy atom. The Balaban J connectivity index is 1.65. The molecular formula is C20H21N5. The van der Waals surface area contributed by atoms with E-state index in [1.54, 1.807) is 23.1 Å². The van der Waals surface area contributed by atoms with E-state index in [4.69, 9.17) is 0 Å². The summed E-state index contributed by atoms with van der Waals surface area (Å²) in [6.45, 7) is 8.09. The minimum Gasteiger partial charge on any atom is -0.288 e. The first-order chi connectivity index (χ1) is 12.3. The molecule has 25 heavy (non-hydrogen) atoms. The lowest BCUT2D eigenvalue weighted by Gasteiger charge is -2.34. The maximum Gasteiger partial charge on any atom is 0.250 e. The first-order valence-electron chi connectivity index (χ1n) is 8.53. The van der Waals surface area contributed by atoms with Gasteiger partial charge in [-0.25, -0.2) is 14.6 Å². The van der Waals surface area contributed by atoms with Crippen molar-refractivity contribution in [2.24, 2.45) is 0 Å². The zero-order valence-corrected chi connectivity index (χ0v) is 14.3. The average molecular weight is 331 g/mol. The Hall–Kier alpha value is -2.79. The van der Waals surface area contributed by atoms with E-state index in [2.05, 4.69) is 57.7 Å². The second kappa shape index (κ2) is 6.61. The minimum atomic E-state index is 0.130. The second-order valence-electron chi connectivity index (χ2n) is 6.32. The van der Waals surface area contributed by atoms with Gasteiger partial charge in [-0.1, -0.05) is 30.3 Å². The van der Waals surface area contributed by atoms with Gasteiger partial charge in [-0.15, -0.1) is 6.58 Å². The largest absolute Gasteiger partial charge is 0.288 e. The van der Waals surface area contributed by atoms with Crippen LogP contribution in [0.3, 0.4) is 0 Å². The maximum atomic E-state index is 4.51. The van der Waals surface area contributed by atoms with Gasteiger partial charge in [0.2, 0.25) is 0 Å². The van der Waals surface area contributed by atoms with Gasteiger partial charge < -0.3 is 0 Å². The van der Waals surface area contributed by atoms with Crippen LogP contribution in [0.5, 0.6) is 0 Å². The molecular weight excluding hydrogens is 310 g/mol. The molecule has 0 amide bonds. The summed E-state index contributed by atoms with van der Waals surface area (Å²) in [4.78, 5) is 11.1. The van der Waals surface area contributed by atoms with Crippen molar-refractivity contribution >= 4 is 0 Å². The lowest BCUT2D eigenvalue weighted by atomic mass is 9.96. The van der Waals surface area contributed by atoms with Gasteiger partial charge in [0.05, 0.1) is 12.2 Å². The molecule has 5 heteroatoms. The third kappa shape index (κ3) is 2.87. The summed E-state index contributed by atoms with van der Waals surface area (Å²) >= 11 is 0. The highest BCUT2D eigenvalue weighted by Gasteiger charge is 2.25. The number of fused-ring (bicyclic) bond motifs is 1. The summed E-state index contributed by atoms with van der Waals surface area (Å²) in [6, 6.07) is 10.6. The van der Waals surface area contributed by atoms with Gasteiger partial charge >= 0.3 is 0 Å². The first-order valence-corrected chi connectivity index (χ1v) is 8.53. The van der Waals surface area contributed by atoms with Crippen LogP contribution in [0, 0.1) is 6.92 Å². The Bertz CT molecular complexity index is 884. The van der Waals surface area contributed by atoms with Crippen LogP contribution in [0.25, 0.3) is 5.95 Å². The van der Waals surface area contributed by atoms with E-state index in [0.29, 0.717) is 5.95 Å². The molecule has 4 rings (SSSR count). The molecule has 0 spiro atoms. The van der Waals surface area contributed by atoms with E-state index in [1.165, 1.54) is 11.1 Å². The van der Waals surface area contributed by atoms with Crippen molar-refractivity contribution in [1.29, 1.82) is 0 Å². The molecule has 1 aliphatic heterocycles. The molecule has 0 radical (unpaired) electrons. The zero-order valence-electron chi connectivity index (χ0n) is 14.3. The van der Waals surface area contributed by atoms with E-state index in [0.717, 1.165) is 30.8 Å². The Labute approximate surface area is 147 Å². The van der Waals surface area contributed by atoms with Gasteiger partial charge in [-0.3, -0.25) is 4.90 Å². The third-order valence-corrected chi connectivity index (χ3v) is 4.88. The van der Waals surface area contributed by atoms with Crippen molar-refractivity contribution in [1.82, 2.24) is 24.6 Å². The smallest absolute Gasteiger partial charge is 0.250 e.